The summed E-state index contributed by atoms with van der Waals surface area (Å²) in [4.78, 5) is 6.91. The normalized spacial score (nSPS) is 11.3. The van der Waals surface area contributed by atoms with Crippen LogP contribution in [0.15, 0.2) is 17.8 Å². The molecule has 2 heterocycles. The van der Waals surface area contributed by atoms with Gasteiger partial charge in [0.15, 0.2) is 0 Å². The SMILES string of the molecule is CCCc1nc(CN(C)Cc2cnn(C)c2)cs1. The van der Waals surface area contributed by atoms with E-state index in [4.69, 9.17) is 0 Å². The van der Waals surface area contributed by atoms with Crippen molar-refractivity contribution in [2.45, 2.75) is 32.9 Å². The van der Waals surface area contributed by atoms with Gasteiger partial charge in [-0.1, -0.05) is 6.92 Å². The molecule has 5 heteroatoms. The molecule has 0 saturated heterocycles. The van der Waals surface area contributed by atoms with E-state index in [9.17, 15) is 0 Å². The molecule has 0 N–H and O–H groups in total. The lowest BCUT2D eigenvalue weighted by Gasteiger charge is -2.13. The number of rotatable bonds is 6. The number of aryl methyl sites for hydroxylation is 2. The second-order valence-electron chi connectivity index (χ2n) is 4.68. The number of aromatic nitrogens is 3. The summed E-state index contributed by atoms with van der Waals surface area (Å²) in [5.74, 6) is 0. The van der Waals surface area contributed by atoms with Crippen molar-refractivity contribution in [2.24, 2.45) is 7.05 Å². The van der Waals surface area contributed by atoms with Crippen molar-refractivity contribution in [3.05, 3.63) is 34.0 Å². The average Bonchev–Trinajstić information content (AvgIpc) is 2.89. The van der Waals surface area contributed by atoms with Gasteiger partial charge >= 0.3 is 0 Å². The molecule has 0 aromatic carbocycles. The second-order valence-corrected chi connectivity index (χ2v) is 5.62. The van der Waals surface area contributed by atoms with E-state index in [1.54, 1.807) is 11.3 Å². The first-order chi connectivity index (χ1) is 8.67. The zero-order chi connectivity index (χ0) is 13.0. The van der Waals surface area contributed by atoms with E-state index in [0.717, 1.165) is 19.5 Å². The summed E-state index contributed by atoms with van der Waals surface area (Å²) in [7, 11) is 4.06. The fourth-order valence-electron chi connectivity index (χ4n) is 1.95. The van der Waals surface area contributed by atoms with Gasteiger partial charge in [-0.25, -0.2) is 4.98 Å². The molecule has 0 bridgehead atoms. The van der Waals surface area contributed by atoms with E-state index < -0.39 is 0 Å². The van der Waals surface area contributed by atoms with Crippen LogP contribution in [0.1, 0.15) is 29.6 Å². The lowest BCUT2D eigenvalue weighted by molar-refractivity contribution is 0.315. The maximum atomic E-state index is 4.64. The van der Waals surface area contributed by atoms with Gasteiger partial charge in [-0.05, 0) is 19.9 Å². The fraction of sp³-hybridized carbons (Fsp3) is 0.538. The number of thiazole rings is 1. The van der Waals surface area contributed by atoms with Crippen molar-refractivity contribution in [2.75, 3.05) is 7.05 Å². The van der Waals surface area contributed by atoms with Crippen molar-refractivity contribution >= 4 is 11.3 Å². The van der Waals surface area contributed by atoms with Crippen LogP contribution in [0, 0.1) is 0 Å². The molecule has 0 fully saturated rings. The molecule has 0 radical (unpaired) electrons. The minimum Gasteiger partial charge on any atom is -0.296 e. The monoisotopic (exact) mass is 264 g/mol. The topological polar surface area (TPSA) is 34.0 Å². The van der Waals surface area contributed by atoms with Crippen molar-refractivity contribution in [1.82, 2.24) is 19.7 Å². The molecule has 2 aromatic heterocycles. The first-order valence-corrected chi connectivity index (χ1v) is 7.14. The minimum absolute atomic E-state index is 0.898. The van der Waals surface area contributed by atoms with E-state index in [1.807, 2.05) is 17.9 Å². The Balaban J connectivity index is 1.88. The Morgan fingerprint density at radius 2 is 2.22 bits per heavy atom. The maximum absolute atomic E-state index is 4.64. The Kier molecular flexibility index (Phi) is 4.49. The molecule has 4 nitrogen and oxygen atoms in total. The lowest BCUT2D eigenvalue weighted by atomic mass is 10.3. The third-order valence-electron chi connectivity index (χ3n) is 2.71. The highest BCUT2D eigenvalue weighted by atomic mass is 32.1. The van der Waals surface area contributed by atoms with Gasteiger partial charge in [-0.3, -0.25) is 9.58 Å². The summed E-state index contributed by atoms with van der Waals surface area (Å²) in [5.41, 5.74) is 2.42. The lowest BCUT2D eigenvalue weighted by Crippen LogP contribution is -2.17. The Labute approximate surface area is 112 Å². The highest BCUT2D eigenvalue weighted by Crippen LogP contribution is 2.14. The highest BCUT2D eigenvalue weighted by Gasteiger charge is 2.06. The molecular weight excluding hydrogens is 244 g/mol. The van der Waals surface area contributed by atoms with Crippen LogP contribution in [0.2, 0.25) is 0 Å². The molecule has 0 aliphatic rings. The van der Waals surface area contributed by atoms with Crippen LogP contribution in [0.4, 0.5) is 0 Å². The zero-order valence-electron chi connectivity index (χ0n) is 11.3. The summed E-state index contributed by atoms with van der Waals surface area (Å²) < 4.78 is 1.84. The molecule has 0 aliphatic heterocycles. The Morgan fingerprint density at radius 1 is 1.39 bits per heavy atom. The predicted octanol–water partition coefficient (Wildman–Crippen LogP) is 2.46. The van der Waals surface area contributed by atoms with Crippen LogP contribution in [-0.4, -0.2) is 26.7 Å². The minimum atomic E-state index is 0.898. The quantitative estimate of drug-likeness (QED) is 0.803. The van der Waals surface area contributed by atoms with Gasteiger partial charge in [0, 0.05) is 37.3 Å². The Bertz CT molecular complexity index is 489. The smallest absolute Gasteiger partial charge is 0.0928 e. The van der Waals surface area contributed by atoms with Crippen molar-refractivity contribution in [3.8, 4) is 0 Å². The van der Waals surface area contributed by atoms with Crippen LogP contribution in [0.5, 0.6) is 0 Å². The van der Waals surface area contributed by atoms with Crippen LogP contribution >= 0.6 is 11.3 Å². The average molecular weight is 264 g/mol. The second kappa shape index (κ2) is 6.11. The summed E-state index contributed by atoms with van der Waals surface area (Å²) in [6, 6.07) is 0. The van der Waals surface area contributed by atoms with E-state index in [1.165, 1.54) is 22.7 Å². The number of hydrogen-bond donors (Lipinski definition) is 0. The molecular formula is C13H20N4S. The molecule has 18 heavy (non-hydrogen) atoms. The van der Waals surface area contributed by atoms with Gasteiger partial charge in [0.2, 0.25) is 0 Å². The molecule has 0 unspecified atom stereocenters. The van der Waals surface area contributed by atoms with E-state index in [-0.39, 0.29) is 0 Å². The molecule has 2 rings (SSSR count). The summed E-state index contributed by atoms with van der Waals surface area (Å²) in [5, 5.41) is 7.61. The van der Waals surface area contributed by atoms with Crippen molar-refractivity contribution in [1.29, 1.82) is 0 Å². The molecule has 0 saturated carbocycles. The Hall–Kier alpha value is -1.20. The summed E-state index contributed by atoms with van der Waals surface area (Å²) in [6.07, 6.45) is 6.23. The Morgan fingerprint density at radius 3 is 2.89 bits per heavy atom. The number of hydrogen-bond acceptors (Lipinski definition) is 4. The van der Waals surface area contributed by atoms with E-state index in [0.29, 0.717) is 0 Å². The van der Waals surface area contributed by atoms with Crippen LogP contribution in [0.3, 0.4) is 0 Å². The third-order valence-corrected chi connectivity index (χ3v) is 3.66. The van der Waals surface area contributed by atoms with Crippen LogP contribution in [0.25, 0.3) is 0 Å². The molecule has 0 atom stereocenters. The van der Waals surface area contributed by atoms with Gasteiger partial charge in [0.1, 0.15) is 0 Å². The van der Waals surface area contributed by atoms with Gasteiger partial charge in [0.25, 0.3) is 0 Å². The predicted molar refractivity (Wildman–Crippen MR) is 74.5 cm³/mol. The highest BCUT2D eigenvalue weighted by molar-refractivity contribution is 7.09. The van der Waals surface area contributed by atoms with Gasteiger partial charge in [-0.2, -0.15) is 5.10 Å². The first kappa shape index (κ1) is 13.2. The molecule has 0 aliphatic carbocycles. The zero-order valence-corrected chi connectivity index (χ0v) is 12.1. The van der Waals surface area contributed by atoms with Crippen LogP contribution in [-0.2, 0) is 26.6 Å². The van der Waals surface area contributed by atoms with Gasteiger partial charge in [0.05, 0.1) is 16.9 Å². The van der Waals surface area contributed by atoms with E-state index >= 15 is 0 Å². The van der Waals surface area contributed by atoms with Crippen molar-refractivity contribution in [3.63, 3.8) is 0 Å². The summed E-state index contributed by atoms with van der Waals surface area (Å²) >= 11 is 1.77. The first-order valence-electron chi connectivity index (χ1n) is 6.26. The molecule has 0 spiro atoms. The van der Waals surface area contributed by atoms with Gasteiger partial charge < -0.3 is 0 Å². The summed E-state index contributed by atoms with van der Waals surface area (Å²) in [6.45, 7) is 4.00. The molecule has 2 aromatic rings. The number of nitrogens with zero attached hydrogens (tertiary/aromatic N) is 4. The van der Waals surface area contributed by atoms with Crippen molar-refractivity contribution < 1.29 is 0 Å². The third kappa shape index (κ3) is 3.65. The largest absolute Gasteiger partial charge is 0.296 e. The molecule has 98 valence electrons. The molecule has 0 amide bonds. The van der Waals surface area contributed by atoms with Gasteiger partial charge in [-0.15, -0.1) is 11.3 Å². The maximum Gasteiger partial charge on any atom is 0.0928 e. The fourth-order valence-corrected chi connectivity index (χ4v) is 2.84. The van der Waals surface area contributed by atoms with Crippen LogP contribution < -0.4 is 0 Å². The van der Waals surface area contributed by atoms with E-state index in [2.05, 4.69) is 40.5 Å². The standard InChI is InChI=1S/C13H20N4S/c1-4-5-13-15-12(10-18-13)9-16(2)7-11-6-14-17(3)8-11/h6,8,10H,4-5,7,9H2,1-3H3.